The van der Waals surface area contributed by atoms with Crippen molar-refractivity contribution in [3.63, 3.8) is 0 Å². The Morgan fingerprint density at radius 1 is 1.19 bits per heavy atom. The normalized spacial score (nSPS) is 12.3. The average Bonchev–Trinajstić information content (AvgIpc) is 2.36. The van der Waals surface area contributed by atoms with Crippen molar-refractivity contribution in [2.24, 2.45) is 5.73 Å². The number of carbonyl (C=O) groups is 3. The van der Waals surface area contributed by atoms with E-state index in [4.69, 9.17) is 10.5 Å². The van der Waals surface area contributed by atoms with Crippen molar-refractivity contribution in [1.29, 1.82) is 0 Å². The Bertz CT molecular complexity index is 665. The maximum Gasteiger partial charge on any atom is 0.338 e. The van der Waals surface area contributed by atoms with Crippen LogP contribution in [0.3, 0.4) is 0 Å². The molecule has 3 N–H and O–H groups in total. The van der Waals surface area contributed by atoms with Crippen LogP contribution in [0.4, 0.5) is 4.79 Å². The summed E-state index contributed by atoms with van der Waals surface area (Å²) < 4.78 is 27.4. The minimum Gasteiger partial charge on any atom is -0.449 e. The molecule has 3 amide bonds. The molecule has 0 aliphatic carbocycles. The zero-order valence-corrected chi connectivity index (χ0v) is 12.1. The van der Waals surface area contributed by atoms with E-state index in [1.807, 2.05) is 0 Å². The molecule has 0 aliphatic rings. The molecular weight excluding hydrogens is 300 g/mol. The molecule has 0 bridgehead atoms. The topological polar surface area (TPSA) is 133 Å². The van der Waals surface area contributed by atoms with Crippen LogP contribution < -0.4 is 11.1 Å². The monoisotopic (exact) mass is 314 g/mol. The minimum atomic E-state index is -3.36. The summed E-state index contributed by atoms with van der Waals surface area (Å²) in [6, 6.07) is 3.97. The zero-order valence-electron chi connectivity index (χ0n) is 11.3. The number of sulfone groups is 1. The predicted molar refractivity (Wildman–Crippen MR) is 72.2 cm³/mol. The summed E-state index contributed by atoms with van der Waals surface area (Å²) in [5.41, 5.74) is 4.83. The molecule has 21 heavy (non-hydrogen) atoms. The Morgan fingerprint density at radius 2 is 1.71 bits per heavy atom. The number of imide groups is 1. The highest BCUT2D eigenvalue weighted by Gasteiger charge is 2.20. The predicted octanol–water partition coefficient (Wildman–Crippen LogP) is -0.170. The van der Waals surface area contributed by atoms with Crippen LogP contribution in [0.2, 0.25) is 0 Å². The summed E-state index contributed by atoms with van der Waals surface area (Å²) in [6.07, 6.45) is -0.184. The first-order valence-corrected chi connectivity index (χ1v) is 7.62. The summed E-state index contributed by atoms with van der Waals surface area (Å²) >= 11 is 0. The highest BCUT2D eigenvalue weighted by molar-refractivity contribution is 7.90. The van der Waals surface area contributed by atoms with Crippen LogP contribution >= 0.6 is 0 Å². The fraction of sp³-hybridized carbons (Fsp3) is 0.250. The fourth-order valence-electron chi connectivity index (χ4n) is 1.34. The van der Waals surface area contributed by atoms with E-state index in [1.165, 1.54) is 31.2 Å². The summed E-state index contributed by atoms with van der Waals surface area (Å²) in [6.45, 7) is 1.26. The van der Waals surface area contributed by atoms with Gasteiger partial charge in [0.25, 0.3) is 5.91 Å². The summed E-state index contributed by atoms with van der Waals surface area (Å²) in [4.78, 5) is 33.6. The van der Waals surface area contributed by atoms with E-state index < -0.39 is 33.8 Å². The quantitative estimate of drug-likeness (QED) is 0.741. The molecule has 9 heteroatoms. The zero-order chi connectivity index (χ0) is 16.2. The number of nitrogens with two attached hydrogens (primary N) is 1. The Balaban J connectivity index is 2.76. The number of nitrogens with one attached hydrogen (secondary N) is 1. The van der Waals surface area contributed by atoms with Crippen LogP contribution in [0, 0.1) is 0 Å². The van der Waals surface area contributed by atoms with Gasteiger partial charge in [0.1, 0.15) is 0 Å². The van der Waals surface area contributed by atoms with Crippen molar-refractivity contribution in [3.05, 3.63) is 29.8 Å². The first-order chi connectivity index (χ1) is 9.61. The number of ether oxygens (including phenoxy) is 1. The molecule has 0 saturated carbocycles. The standard InChI is InChI=1S/C12H14N2O6S/c1-7(10(15)14-12(13)17)20-11(16)8-3-5-9(6-4-8)21(2,18)19/h3-7H,1-2H3,(H3,13,14,15,17)/t7-/m0/s1. The molecule has 0 heterocycles. The van der Waals surface area contributed by atoms with Crippen LogP contribution in [0.1, 0.15) is 17.3 Å². The molecule has 0 aromatic heterocycles. The molecule has 1 rings (SSSR count). The van der Waals surface area contributed by atoms with Crippen LogP contribution in [-0.2, 0) is 19.4 Å². The van der Waals surface area contributed by atoms with E-state index >= 15 is 0 Å². The maximum atomic E-state index is 11.7. The van der Waals surface area contributed by atoms with E-state index in [9.17, 15) is 22.8 Å². The van der Waals surface area contributed by atoms with E-state index in [0.29, 0.717) is 0 Å². The number of rotatable bonds is 4. The molecule has 0 radical (unpaired) electrons. The van der Waals surface area contributed by atoms with Gasteiger partial charge >= 0.3 is 12.0 Å². The second-order valence-electron chi connectivity index (χ2n) is 4.20. The number of esters is 1. The van der Waals surface area contributed by atoms with Gasteiger partial charge in [-0.2, -0.15) is 0 Å². The largest absolute Gasteiger partial charge is 0.449 e. The van der Waals surface area contributed by atoms with Gasteiger partial charge in [-0.1, -0.05) is 0 Å². The number of carbonyl (C=O) groups excluding carboxylic acids is 3. The van der Waals surface area contributed by atoms with Gasteiger partial charge in [0, 0.05) is 6.26 Å². The third-order valence-electron chi connectivity index (χ3n) is 2.42. The first-order valence-electron chi connectivity index (χ1n) is 5.72. The maximum absolute atomic E-state index is 11.7. The lowest BCUT2D eigenvalue weighted by molar-refractivity contribution is -0.127. The van der Waals surface area contributed by atoms with Gasteiger partial charge in [-0.3, -0.25) is 10.1 Å². The molecule has 1 aromatic carbocycles. The highest BCUT2D eigenvalue weighted by Crippen LogP contribution is 2.11. The van der Waals surface area contributed by atoms with Gasteiger partial charge < -0.3 is 10.5 Å². The number of hydrogen-bond donors (Lipinski definition) is 2. The fourth-order valence-corrected chi connectivity index (χ4v) is 1.97. The Kier molecular flexibility index (Phi) is 5.03. The molecular formula is C12H14N2O6S. The molecule has 0 spiro atoms. The van der Waals surface area contributed by atoms with Crippen LogP contribution in [0.5, 0.6) is 0 Å². The number of amides is 3. The van der Waals surface area contributed by atoms with Gasteiger partial charge in [0.15, 0.2) is 15.9 Å². The molecule has 0 fully saturated rings. The molecule has 0 unspecified atom stereocenters. The van der Waals surface area contributed by atoms with E-state index in [-0.39, 0.29) is 10.5 Å². The molecule has 8 nitrogen and oxygen atoms in total. The van der Waals surface area contributed by atoms with Gasteiger partial charge in [0.05, 0.1) is 10.5 Å². The third-order valence-corrected chi connectivity index (χ3v) is 3.55. The van der Waals surface area contributed by atoms with Gasteiger partial charge in [-0.25, -0.2) is 18.0 Å². The van der Waals surface area contributed by atoms with Crippen molar-refractivity contribution >= 4 is 27.7 Å². The first kappa shape index (κ1) is 16.6. The molecule has 114 valence electrons. The van der Waals surface area contributed by atoms with Crippen molar-refractivity contribution in [2.75, 3.05) is 6.26 Å². The summed E-state index contributed by atoms with van der Waals surface area (Å²) in [7, 11) is -3.36. The van der Waals surface area contributed by atoms with Crippen molar-refractivity contribution in [3.8, 4) is 0 Å². The number of urea groups is 1. The van der Waals surface area contributed by atoms with Crippen LogP contribution in [0.15, 0.2) is 29.2 Å². The molecule has 1 aromatic rings. The van der Waals surface area contributed by atoms with E-state index in [2.05, 4.69) is 0 Å². The van der Waals surface area contributed by atoms with Gasteiger partial charge in [-0.15, -0.1) is 0 Å². The van der Waals surface area contributed by atoms with E-state index in [1.54, 1.807) is 5.32 Å². The van der Waals surface area contributed by atoms with Crippen LogP contribution in [0.25, 0.3) is 0 Å². The van der Waals surface area contributed by atoms with Gasteiger partial charge in [0.2, 0.25) is 0 Å². The highest BCUT2D eigenvalue weighted by atomic mass is 32.2. The Hall–Kier alpha value is -2.42. The molecule has 0 saturated heterocycles. The molecule has 1 atom stereocenters. The Morgan fingerprint density at radius 3 is 2.14 bits per heavy atom. The number of benzene rings is 1. The second kappa shape index (κ2) is 6.35. The minimum absolute atomic E-state index is 0.0542. The van der Waals surface area contributed by atoms with Crippen LogP contribution in [-0.4, -0.2) is 38.7 Å². The lowest BCUT2D eigenvalue weighted by atomic mass is 10.2. The SMILES string of the molecule is C[C@H](OC(=O)c1ccc(S(C)(=O)=O)cc1)C(=O)NC(N)=O. The lowest BCUT2D eigenvalue weighted by Crippen LogP contribution is -2.42. The Labute approximate surface area is 121 Å². The van der Waals surface area contributed by atoms with Crippen molar-refractivity contribution in [1.82, 2.24) is 5.32 Å². The molecule has 0 aliphatic heterocycles. The summed E-state index contributed by atoms with van der Waals surface area (Å²) in [5.74, 6) is -1.69. The second-order valence-corrected chi connectivity index (χ2v) is 6.21. The third kappa shape index (κ3) is 4.88. The lowest BCUT2D eigenvalue weighted by Gasteiger charge is -2.12. The van der Waals surface area contributed by atoms with Crippen molar-refractivity contribution in [2.45, 2.75) is 17.9 Å². The average molecular weight is 314 g/mol. The number of hydrogen-bond acceptors (Lipinski definition) is 6. The van der Waals surface area contributed by atoms with Gasteiger partial charge in [-0.05, 0) is 31.2 Å². The summed E-state index contributed by atoms with van der Waals surface area (Å²) in [5, 5.41) is 1.77. The van der Waals surface area contributed by atoms with Crippen molar-refractivity contribution < 1.29 is 27.5 Å². The van der Waals surface area contributed by atoms with E-state index in [0.717, 1.165) is 6.26 Å². The number of primary amides is 1. The smallest absolute Gasteiger partial charge is 0.338 e.